The van der Waals surface area contributed by atoms with E-state index in [4.69, 9.17) is 22.3 Å². The number of hydrogen-bond acceptors (Lipinski definition) is 4. The molecule has 2 aromatic rings. The SMILES string of the molecule is CCNC(=NCc1cccnc1N1CCCC(C(N)=O)C1)NCCc1cccc(Cl)c1.I. The third-order valence-corrected chi connectivity index (χ3v) is 5.57. The predicted molar refractivity (Wildman–Crippen MR) is 142 cm³/mol. The monoisotopic (exact) mass is 570 g/mol. The van der Waals surface area contributed by atoms with Crippen molar-refractivity contribution in [3.63, 3.8) is 0 Å². The molecule has 1 amide bonds. The first-order valence-electron chi connectivity index (χ1n) is 10.8. The van der Waals surface area contributed by atoms with Crippen molar-refractivity contribution >= 4 is 53.3 Å². The number of aliphatic imine (C=N–C) groups is 1. The number of amides is 1. The van der Waals surface area contributed by atoms with Crippen LogP contribution in [0.3, 0.4) is 0 Å². The Balaban J connectivity index is 0.00000363. The number of benzene rings is 1. The van der Waals surface area contributed by atoms with Crippen molar-refractivity contribution in [1.29, 1.82) is 0 Å². The molecule has 0 aliphatic carbocycles. The van der Waals surface area contributed by atoms with Crippen LogP contribution in [-0.2, 0) is 17.8 Å². The molecule has 0 saturated carbocycles. The average molecular weight is 571 g/mol. The number of carbonyl (C=O) groups excluding carboxylic acids is 1. The van der Waals surface area contributed by atoms with Crippen LogP contribution in [-0.4, -0.2) is 43.0 Å². The number of primary amides is 1. The summed E-state index contributed by atoms with van der Waals surface area (Å²) in [6.45, 7) is 5.54. The van der Waals surface area contributed by atoms with Crippen molar-refractivity contribution < 1.29 is 4.79 Å². The summed E-state index contributed by atoms with van der Waals surface area (Å²) < 4.78 is 0. The fourth-order valence-corrected chi connectivity index (χ4v) is 3.98. The van der Waals surface area contributed by atoms with Crippen LogP contribution in [0.5, 0.6) is 0 Å². The number of carbonyl (C=O) groups is 1. The maximum atomic E-state index is 11.7. The van der Waals surface area contributed by atoms with E-state index in [9.17, 15) is 4.79 Å². The van der Waals surface area contributed by atoms with Crippen LogP contribution in [0.25, 0.3) is 0 Å². The zero-order chi connectivity index (χ0) is 22.1. The summed E-state index contributed by atoms with van der Waals surface area (Å²) in [6.07, 6.45) is 4.41. The van der Waals surface area contributed by atoms with Gasteiger partial charge in [0.2, 0.25) is 5.91 Å². The van der Waals surface area contributed by atoms with Crippen LogP contribution in [0.15, 0.2) is 47.6 Å². The van der Waals surface area contributed by atoms with E-state index in [1.165, 1.54) is 5.56 Å². The predicted octanol–water partition coefficient (Wildman–Crippen LogP) is 3.35. The summed E-state index contributed by atoms with van der Waals surface area (Å²) in [6, 6.07) is 11.8. The molecule has 1 fully saturated rings. The van der Waals surface area contributed by atoms with Gasteiger partial charge >= 0.3 is 0 Å². The fraction of sp³-hybridized carbons (Fsp3) is 0.435. The van der Waals surface area contributed by atoms with Crippen molar-refractivity contribution in [2.24, 2.45) is 16.6 Å². The van der Waals surface area contributed by atoms with Crippen molar-refractivity contribution in [2.45, 2.75) is 32.7 Å². The Labute approximate surface area is 212 Å². The van der Waals surface area contributed by atoms with E-state index in [-0.39, 0.29) is 35.8 Å². The number of aromatic nitrogens is 1. The van der Waals surface area contributed by atoms with E-state index in [1.807, 2.05) is 37.3 Å². The molecular formula is C23H32ClIN6O. The van der Waals surface area contributed by atoms with Crippen molar-refractivity contribution in [3.05, 3.63) is 58.7 Å². The highest BCUT2D eigenvalue weighted by molar-refractivity contribution is 14.0. The minimum absolute atomic E-state index is 0. The lowest BCUT2D eigenvalue weighted by atomic mass is 9.97. The van der Waals surface area contributed by atoms with E-state index in [0.717, 1.165) is 61.3 Å². The normalized spacial score (nSPS) is 16.2. The highest BCUT2D eigenvalue weighted by Crippen LogP contribution is 2.25. The number of nitrogens with zero attached hydrogens (tertiary/aromatic N) is 3. The molecule has 1 aliphatic heterocycles. The first-order valence-corrected chi connectivity index (χ1v) is 11.2. The standard InChI is InChI=1S/C23H31ClN6O.HI/c1-2-26-23(28-12-10-17-6-3-9-20(24)14-17)29-15-18-7-4-11-27-22(18)30-13-5-8-19(16-30)21(25)31;/h3-4,6-7,9,11,14,19H,2,5,8,10,12-13,15-16H2,1H3,(H2,25,31)(H2,26,28,29);1H. The lowest BCUT2D eigenvalue weighted by Gasteiger charge is -2.33. The number of rotatable bonds is 8. The van der Waals surface area contributed by atoms with Crippen molar-refractivity contribution in [1.82, 2.24) is 15.6 Å². The Hall–Kier alpha value is -2.07. The maximum Gasteiger partial charge on any atom is 0.222 e. The molecule has 1 saturated heterocycles. The van der Waals surface area contributed by atoms with E-state index in [1.54, 1.807) is 6.20 Å². The van der Waals surface area contributed by atoms with Crippen LogP contribution in [0.4, 0.5) is 5.82 Å². The van der Waals surface area contributed by atoms with Crippen molar-refractivity contribution in [3.8, 4) is 0 Å². The number of piperidine rings is 1. The molecule has 32 heavy (non-hydrogen) atoms. The van der Waals surface area contributed by atoms with Gasteiger partial charge in [0.05, 0.1) is 12.5 Å². The molecule has 3 rings (SSSR count). The molecule has 1 aliphatic rings. The molecule has 0 spiro atoms. The van der Waals surface area contributed by atoms with Gasteiger partial charge in [0.25, 0.3) is 0 Å². The molecular weight excluding hydrogens is 539 g/mol. The molecule has 9 heteroatoms. The number of hydrogen-bond donors (Lipinski definition) is 3. The summed E-state index contributed by atoms with van der Waals surface area (Å²) in [4.78, 5) is 23.1. The van der Waals surface area contributed by atoms with Gasteiger partial charge in [0.1, 0.15) is 5.82 Å². The van der Waals surface area contributed by atoms with E-state index in [0.29, 0.717) is 13.1 Å². The average Bonchev–Trinajstić information content (AvgIpc) is 2.78. The minimum atomic E-state index is -0.237. The summed E-state index contributed by atoms with van der Waals surface area (Å²) in [5, 5.41) is 7.42. The lowest BCUT2D eigenvalue weighted by molar-refractivity contribution is -0.122. The number of halogens is 2. The van der Waals surface area contributed by atoms with E-state index >= 15 is 0 Å². The van der Waals surface area contributed by atoms with Crippen LogP contribution in [0, 0.1) is 5.92 Å². The van der Waals surface area contributed by atoms with E-state index in [2.05, 4.69) is 26.6 Å². The Bertz CT molecular complexity index is 910. The van der Waals surface area contributed by atoms with Gasteiger partial charge in [-0.05, 0) is 49.9 Å². The Morgan fingerprint density at radius 3 is 2.91 bits per heavy atom. The zero-order valence-electron chi connectivity index (χ0n) is 18.4. The van der Waals surface area contributed by atoms with Gasteiger partial charge in [-0.15, -0.1) is 24.0 Å². The molecule has 174 valence electrons. The summed E-state index contributed by atoms with van der Waals surface area (Å²) in [5.41, 5.74) is 7.75. The third-order valence-electron chi connectivity index (χ3n) is 5.34. The molecule has 4 N–H and O–H groups in total. The molecule has 7 nitrogen and oxygen atoms in total. The zero-order valence-corrected chi connectivity index (χ0v) is 21.5. The third kappa shape index (κ3) is 7.81. The van der Waals surface area contributed by atoms with Gasteiger partial charge in [-0.1, -0.05) is 29.8 Å². The molecule has 0 radical (unpaired) electrons. The first kappa shape index (κ1) is 26.2. The number of nitrogens with one attached hydrogen (secondary N) is 2. The molecule has 1 aromatic carbocycles. The number of nitrogens with two attached hydrogens (primary N) is 1. The Morgan fingerprint density at radius 2 is 2.16 bits per heavy atom. The highest BCUT2D eigenvalue weighted by atomic mass is 127. The summed E-state index contributed by atoms with van der Waals surface area (Å²) in [7, 11) is 0. The first-order chi connectivity index (χ1) is 15.1. The topological polar surface area (TPSA) is 95.6 Å². The maximum absolute atomic E-state index is 11.7. The highest BCUT2D eigenvalue weighted by Gasteiger charge is 2.25. The summed E-state index contributed by atoms with van der Waals surface area (Å²) in [5.74, 6) is 1.27. The molecule has 1 aromatic heterocycles. The largest absolute Gasteiger partial charge is 0.369 e. The van der Waals surface area contributed by atoms with Gasteiger partial charge in [-0.3, -0.25) is 4.79 Å². The second kappa shape index (κ2) is 13.5. The second-order valence-electron chi connectivity index (χ2n) is 7.68. The number of anilines is 1. The van der Waals surface area contributed by atoms with Crippen LogP contribution < -0.4 is 21.3 Å². The Morgan fingerprint density at radius 1 is 1.31 bits per heavy atom. The van der Waals surface area contributed by atoms with Gasteiger partial charge in [-0.2, -0.15) is 0 Å². The molecule has 0 bridgehead atoms. The second-order valence-corrected chi connectivity index (χ2v) is 8.11. The quantitative estimate of drug-likeness (QED) is 0.257. The molecule has 1 unspecified atom stereocenters. The molecule has 1 atom stereocenters. The van der Waals surface area contributed by atoms with Crippen LogP contribution >= 0.6 is 35.6 Å². The van der Waals surface area contributed by atoms with E-state index < -0.39 is 0 Å². The van der Waals surface area contributed by atoms with Gasteiger partial charge in [-0.25, -0.2) is 9.98 Å². The smallest absolute Gasteiger partial charge is 0.222 e. The summed E-state index contributed by atoms with van der Waals surface area (Å²) >= 11 is 6.07. The Kier molecular flexibility index (Phi) is 11.0. The van der Waals surface area contributed by atoms with Gasteiger partial charge in [0, 0.05) is 43.0 Å². The fourth-order valence-electron chi connectivity index (χ4n) is 3.76. The lowest BCUT2D eigenvalue weighted by Crippen LogP contribution is -2.42. The van der Waals surface area contributed by atoms with Crippen LogP contribution in [0.1, 0.15) is 30.9 Å². The number of guanidine groups is 1. The minimum Gasteiger partial charge on any atom is -0.369 e. The van der Waals surface area contributed by atoms with Crippen LogP contribution in [0.2, 0.25) is 5.02 Å². The van der Waals surface area contributed by atoms with Gasteiger partial charge in [0.15, 0.2) is 5.96 Å². The van der Waals surface area contributed by atoms with Gasteiger partial charge < -0.3 is 21.3 Å². The molecule has 2 heterocycles. The number of pyridine rings is 1. The van der Waals surface area contributed by atoms with Crippen molar-refractivity contribution in [2.75, 3.05) is 31.1 Å².